The van der Waals surface area contributed by atoms with Crippen LogP contribution >= 0.6 is 0 Å². The van der Waals surface area contributed by atoms with E-state index >= 15 is 0 Å². The zero-order chi connectivity index (χ0) is 11.4. The van der Waals surface area contributed by atoms with E-state index in [4.69, 9.17) is 15.2 Å². The van der Waals surface area contributed by atoms with E-state index in [0.717, 1.165) is 5.56 Å². The average molecular weight is 213 g/mol. The lowest BCUT2D eigenvalue weighted by Crippen LogP contribution is -2.08. The van der Waals surface area contributed by atoms with Crippen LogP contribution in [0.2, 0.25) is 0 Å². The van der Waals surface area contributed by atoms with Crippen LogP contribution in [0.4, 0.5) is 4.39 Å². The molecule has 1 aromatic carbocycles. The predicted molar refractivity (Wildman–Crippen MR) is 57.0 cm³/mol. The Morgan fingerprint density at radius 2 is 1.87 bits per heavy atom. The molecule has 0 saturated carbocycles. The predicted octanol–water partition coefficient (Wildman–Crippen LogP) is 2.19. The molecular formula is C11H16FNO2. The van der Waals surface area contributed by atoms with Gasteiger partial charge < -0.3 is 15.2 Å². The third-order valence-electron chi connectivity index (χ3n) is 2.27. The fraction of sp³-hybridized carbons (Fsp3) is 0.455. The van der Waals surface area contributed by atoms with Gasteiger partial charge in [-0.1, -0.05) is 0 Å². The molecule has 1 unspecified atom stereocenters. The van der Waals surface area contributed by atoms with Crippen LogP contribution in [0.25, 0.3) is 0 Å². The Bertz CT molecular complexity index is 340. The van der Waals surface area contributed by atoms with Gasteiger partial charge in [-0.2, -0.15) is 0 Å². The van der Waals surface area contributed by atoms with Crippen LogP contribution in [-0.2, 0) is 6.67 Å². The molecule has 2 N–H and O–H groups in total. The third kappa shape index (κ3) is 2.39. The Kier molecular flexibility index (Phi) is 3.91. The number of methoxy groups -OCH3 is 2. The molecule has 3 nitrogen and oxygen atoms in total. The molecule has 0 radical (unpaired) electrons. The minimum absolute atomic E-state index is 0.178. The second kappa shape index (κ2) is 4.98. The Morgan fingerprint density at radius 3 is 2.27 bits per heavy atom. The highest BCUT2D eigenvalue weighted by Crippen LogP contribution is 2.32. The lowest BCUT2D eigenvalue weighted by molar-refractivity contribution is 0.381. The van der Waals surface area contributed by atoms with Crippen LogP contribution in [0.5, 0.6) is 11.5 Å². The second-order valence-electron chi connectivity index (χ2n) is 3.33. The molecule has 4 heteroatoms. The standard InChI is InChI=1S/C11H16FNO2/c1-7(13)9-5-10(14-2)8(6-12)4-11(9)15-3/h4-5,7H,6,13H2,1-3H3. The van der Waals surface area contributed by atoms with Crippen molar-refractivity contribution in [1.29, 1.82) is 0 Å². The highest BCUT2D eigenvalue weighted by molar-refractivity contribution is 5.47. The van der Waals surface area contributed by atoms with Gasteiger partial charge in [-0.25, -0.2) is 4.39 Å². The molecule has 1 rings (SSSR count). The van der Waals surface area contributed by atoms with E-state index < -0.39 is 6.67 Å². The van der Waals surface area contributed by atoms with Gasteiger partial charge in [0.1, 0.15) is 18.2 Å². The van der Waals surface area contributed by atoms with Gasteiger partial charge in [0.2, 0.25) is 0 Å². The minimum atomic E-state index is -0.585. The SMILES string of the molecule is COc1cc(C(C)N)c(OC)cc1CF. The zero-order valence-electron chi connectivity index (χ0n) is 9.21. The number of alkyl halides is 1. The molecule has 0 aliphatic carbocycles. The van der Waals surface area contributed by atoms with Crippen molar-refractivity contribution in [2.75, 3.05) is 14.2 Å². The van der Waals surface area contributed by atoms with Gasteiger partial charge in [-0.15, -0.1) is 0 Å². The fourth-order valence-corrected chi connectivity index (χ4v) is 1.44. The highest BCUT2D eigenvalue weighted by Gasteiger charge is 2.13. The van der Waals surface area contributed by atoms with Crippen LogP contribution in [0, 0.1) is 0 Å². The van der Waals surface area contributed by atoms with E-state index in [0.29, 0.717) is 17.1 Å². The van der Waals surface area contributed by atoms with E-state index in [1.165, 1.54) is 14.2 Å². The summed E-state index contributed by atoms with van der Waals surface area (Å²) in [5.74, 6) is 1.10. The van der Waals surface area contributed by atoms with E-state index in [9.17, 15) is 4.39 Å². The number of ether oxygens (including phenoxy) is 2. The van der Waals surface area contributed by atoms with Gasteiger partial charge in [0, 0.05) is 17.2 Å². The third-order valence-corrected chi connectivity index (χ3v) is 2.27. The number of rotatable bonds is 4. The lowest BCUT2D eigenvalue weighted by atomic mass is 10.0. The second-order valence-corrected chi connectivity index (χ2v) is 3.33. The molecular weight excluding hydrogens is 197 g/mol. The topological polar surface area (TPSA) is 44.5 Å². The average Bonchev–Trinajstić information content (AvgIpc) is 2.26. The first kappa shape index (κ1) is 11.8. The summed E-state index contributed by atoms with van der Waals surface area (Å²) >= 11 is 0. The van der Waals surface area contributed by atoms with E-state index in [1.54, 1.807) is 12.1 Å². The molecule has 0 saturated heterocycles. The Hall–Kier alpha value is -1.29. The summed E-state index contributed by atoms with van der Waals surface area (Å²) in [5.41, 5.74) is 7.06. The summed E-state index contributed by atoms with van der Waals surface area (Å²) < 4.78 is 22.9. The first-order valence-corrected chi connectivity index (χ1v) is 4.70. The molecule has 15 heavy (non-hydrogen) atoms. The van der Waals surface area contributed by atoms with Crippen LogP contribution in [0.3, 0.4) is 0 Å². The van der Waals surface area contributed by atoms with Crippen molar-refractivity contribution in [3.63, 3.8) is 0 Å². The normalized spacial score (nSPS) is 12.3. The van der Waals surface area contributed by atoms with Crippen LogP contribution in [0.1, 0.15) is 24.1 Å². The van der Waals surface area contributed by atoms with Crippen LogP contribution in [-0.4, -0.2) is 14.2 Å². The summed E-state index contributed by atoms with van der Waals surface area (Å²) in [5, 5.41) is 0. The summed E-state index contributed by atoms with van der Waals surface area (Å²) in [7, 11) is 3.04. The van der Waals surface area contributed by atoms with Crippen molar-refractivity contribution < 1.29 is 13.9 Å². The molecule has 0 aliphatic heterocycles. The monoisotopic (exact) mass is 213 g/mol. The summed E-state index contributed by atoms with van der Waals surface area (Å²) in [4.78, 5) is 0. The molecule has 0 aliphatic rings. The molecule has 0 bridgehead atoms. The number of nitrogens with two attached hydrogens (primary N) is 1. The van der Waals surface area contributed by atoms with E-state index in [1.807, 2.05) is 6.92 Å². The van der Waals surface area contributed by atoms with Crippen LogP contribution in [0.15, 0.2) is 12.1 Å². The molecule has 0 amide bonds. The molecule has 0 spiro atoms. The van der Waals surface area contributed by atoms with Crippen molar-refractivity contribution in [1.82, 2.24) is 0 Å². The van der Waals surface area contributed by atoms with Crippen molar-refractivity contribution in [3.8, 4) is 11.5 Å². The van der Waals surface area contributed by atoms with Crippen LogP contribution < -0.4 is 15.2 Å². The number of hydrogen-bond acceptors (Lipinski definition) is 3. The largest absolute Gasteiger partial charge is 0.496 e. The molecule has 0 aromatic heterocycles. The van der Waals surface area contributed by atoms with Crippen molar-refractivity contribution in [3.05, 3.63) is 23.3 Å². The first-order chi connectivity index (χ1) is 7.13. The molecule has 0 fully saturated rings. The van der Waals surface area contributed by atoms with Gasteiger partial charge in [0.25, 0.3) is 0 Å². The van der Waals surface area contributed by atoms with Gasteiger partial charge in [0.05, 0.1) is 14.2 Å². The number of hydrogen-bond donors (Lipinski definition) is 1. The van der Waals surface area contributed by atoms with E-state index in [2.05, 4.69) is 0 Å². The van der Waals surface area contributed by atoms with Crippen molar-refractivity contribution >= 4 is 0 Å². The molecule has 1 atom stereocenters. The number of benzene rings is 1. The molecule has 0 heterocycles. The van der Waals surface area contributed by atoms with Gasteiger partial charge >= 0.3 is 0 Å². The van der Waals surface area contributed by atoms with Gasteiger partial charge in [-0.3, -0.25) is 0 Å². The maximum absolute atomic E-state index is 12.7. The number of halogens is 1. The summed E-state index contributed by atoms with van der Waals surface area (Å²) in [6.45, 7) is 1.26. The Morgan fingerprint density at radius 1 is 1.27 bits per heavy atom. The maximum atomic E-state index is 12.7. The van der Waals surface area contributed by atoms with Gasteiger partial charge in [-0.05, 0) is 19.1 Å². The van der Waals surface area contributed by atoms with Crippen molar-refractivity contribution in [2.24, 2.45) is 5.73 Å². The molecule has 84 valence electrons. The summed E-state index contributed by atoms with van der Waals surface area (Å²) in [6.07, 6.45) is 0. The first-order valence-electron chi connectivity index (χ1n) is 4.70. The maximum Gasteiger partial charge on any atom is 0.125 e. The van der Waals surface area contributed by atoms with Crippen molar-refractivity contribution in [2.45, 2.75) is 19.6 Å². The lowest BCUT2D eigenvalue weighted by Gasteiger charge is -2.15. The quantitative estimate of drug-likeness (QED) is 0.833. The zero-order valence-corrected chi connectivity index (χ0v) is 9.21. The van der Waals surface area contributed by atoms with Gasteiger partial charge in [0.15, 0.2) is 0 Å². The van der Waals surface area contributed by atoms with E-state index in [-0.39, 0.29) is 6.04 Å². The smallest absolute Gasteiger partial charge is 0.125 e. The minimum Gasteiger partial charge on any atom is -0.496 e. The Labute approximate surface area is 89.0 Å². The Balaban J connectivity index is 3.27. The summed E-state index contributed by atoms with van der Waals surface area (Å²) in [6, 6.07) is 3.16. The molecule has 1 aromatic rings. The highest BCUT2D eigenvalue weighted by atomic mass is 19.1. The fourth-order valence-electron chi connectivity index (χ4n) is 1.44.